The first-order chi connectivity index (χ1) is 4.61. The van der Waals surface area contributed by atoms with Gasteiger partial charge in [0.15, 0.2) is 0 Å². The molecule has 0 bridgehead atoms. The van der Waals surface area contributed by atoms with Gasteiger partial charge in [-0.1, -0.05) is 0 Å². The van der Waals surface area contributed by atoms with Crippen LogP contribution in [0.15, 0.2) is 0 Å². The second-order valence-corrected chi connectivity index (χ2v) is 2.21. The van der Waals surface area contributed by atoms with E-state index in [1.165, 1.54) is 4.90 Å². The third-order valence-corrected chi connectivity index (χ3v) is 1.41. The lowest BCUT2D eigenvalue weighted by atomic mass is 10.6. The number of amides is 2. The zero-order valence-electron chi connectivity index (χ0n) is 5.57. The summed E-state index contributed by atoms with van der Waals surface area (Å²) in [7, 11) is 1.57. The molecule has 56 valence electrons. The third-order valence-electron chi connectivity index (χ3n) is 1.41. The molecule has 1 saturated heterocycles. The van der Waals surface area contributed by atoms with Crippen LogP contribution in [0.2, 0.25) is 0 Å². The van der Waals surface area contributed by atoms with Crippen molar-refractivity contribution in [1.82, 2.24) is 9.80 Å². The van der Waals surface area contributed by atoms with Gasteiger partial charge in [0.1, 0.15) is 6.54 Å². The van der Waals surface area contributed by atoms with Crippen molar-refractivity contribution in [3.63, 3.8) is 0 Å². The molecule has 5 heteroatoms. The average Bonchev–Trinajstić information content (AvgIpc) is 2.13. The summed E-state index contributed by atoms with van der Waals surface area (Å²) in [4.78, 5) is 23.4. The molecule has 0 aromatic heterocycles. The van der Waals surface area contributed by atoms with Crippen LogP contribution >= 0.6 is 0 Å². The summed E-state index contributed by atoms with van der Waals surface area (Å²) < 4.78 is 0. The largest absolute Gasteiger partial charge is 0.465 e. The molecule has 10 heavy (non-hydrogen) atoms. The van der Waals surface area contributed by atoms with Gasteiger partial charge >= 0.3 is 6.09 Å². The topological polar surface area (TPSA) is 60.9 Å². The fraction of sp³-hybridized carbons (Fsp3) is 0.600. The van der Waals surface area contributed by atoms with Gasteiger partial charge < -0.3 is 10.0 Å². The minimum Gasteiger partial charge on any atom is -0.465 e. The Balaban J connectivity index is 2.57. The van der Waals surface area contributed by atoms with Gasteiger partial charge in [-0.2, -0.15) is 0 Å². The van der Waals surface area contributed by atoms with E-state index in [-0.39, 0.29) is 19.1 Å². The van der Waals surface area contributed by atoms with E-state index in [2.05, 4.69) is 0 Å². The predicted molar refractivity (Wildman–Crippen MR) is 32.4 cm³/mol. The lowest BCUT2D eigenvalue weighted by molar-refractivity contribution is -0.125. The molecule has 0 radical (unpaired) electrons. The summed E-state index contributed by atoms with van der Waals surface area (Å²) in [6.07, 6.45) is -1.04. The highest BCUT2D eigenvalue weighted by Gasteiger charge is 2.27. The maximum Gasteiger partial charge on any atom is 0.409 e. The molecule has 1 aliphatic rings. The zero-order chi connectivity index (χ0) is 7.72. The first-order valence-corrected chi connectivity index (χ1v) is 2.83. The standard InChI is InChI=1S/C5H8N2O3/c1-6-3-7(5(9)10)2-4(6)8/h2-3H2,1H3,(H,9,10). The molecule has 0 saturated carbocycles. The van der Waals surface area contributed by atoms with Gasteiger partial charge in [-0.25, -0.2) is 4.79 Å². The molecule has 0 unspecified atom stereocenters. The fourth-order valence-electron chi connectivity index (χ4n) is 0.797. The van der Waals surface area contributed by atoms with Crippen molar-refractivity contribution in [2.45, 2.75) is 0 Å². The summed E-state index contributed by atoms with van der Waals surface area (Å²) in [6.45, 7) is 0.181. The van der Waals surface area contributed by atoms with Crippen LogP contribution in [-0.4, -0.2) is 47.2 Å². The molecule has 1 fully saturated rings. The van der Waals surface area contributed by atoms with E-state index in [4.69, 9.17) is 5.11 Å². The third kappa shape index (κ3) is 1.02. The first-order valence-electron chi connectivity index (χ1n) is 2.83. The summed E-state index contributed by atoms with van der Waals surface area (Å²) in [5.41, 5.74) is 0. The lowest BCUT2D eigenvalue weighted by Crippen LogP contribution is -2.28. The van der Waals surface area contributed by atoms with Crippen molar-refractivity contribution < 1.29 is 14.7 Å². The fourth-order valence-corrected chi connectivity index (χ4v) is 0.797. The number of likely N-dealkylation sites (N-methyl/N-ethyl adjacent to an activating group) is 1. The van der Waals surface area contributed by atoms with E-state index >= 15 is 0 Å². The minimum absolute atomic E-state index is 0.00810. The van der Waals surface area contributed by atoms with Gasteiger partial charge in [-0.15, -0.1) is 0 Å². The molecular formula is C5H8N2O3. The van der Waals surface area contributed by atoms with Crippen molar-refractivity contribution in [3.8, 4) is 0 Å². The Kier molecular flexibility index (Phi) is 1.48. The molecule has 1 heterocycles. The molecule has 1 rings (SSSR count). The highest BCUT2D eigenvalue weighted by Crippen LogP contribution is 2.02. The number of nitrogens with zero attached hydrogens (tertiary/aromatic N) is 2. The van der Waals surface area contributed by atoms with E-state index in [1.807, 2.05) is 0 Å². The van der Waals surface area contributed by atoms with E-state index in [0.717, 1.165) is 4.90 Å². The van der Waals surface area contributed by atoms with E-state index in [0.29, 0.717) is 0 Å². The molecule has 0 aliphatic carbocycles. The predicted octanol–water partition coefficient (Wildman–Crippen LogP) is -0.604. The first kappa shape index (κ1) is 6.85. The quantitative estimate of drug-likeness (QED) is 0.493. The average molecular weight is 144 g/mol. The van der Waals surface area contributed by atoms with Crippen molar-refractivity contribution in [3.05, 3.63) is 0 Å². The zero-order valence-corrected chi connectivity index (χ0v) is 5.57. The minimum atomic E-state index is -1.04. The van der Waals surface area contributed by atoms with Gasteiger partial charge in [-0.3, -0.25) is 9.69 Å². The van der Waals surface area contributed by atoms with Crippen LogP contribution < -0.4 is 0 Å². The number of hydrogen-bond acceptors (Lipinski definition) is 2. The molecule has 5 nitrogen and oxygen atoms in total. The molecule has 2 amide bonds. The molecular weight excluding hydrogens is 136 g/mol. The molecule has 0 aromatic carbocycles. The second kappa shape index (κ2) is 2.17. The number of carbonyl (C=O) groups excluding carboxylic acids is 1. The Morgan fingerprint density at radius 1 is 1.70 bits per heavy atom. The van der Waals surface area contributed by atoms with Crippen molar-refractivity contribution in [2.24, 2.45) is 0 Å². The monoisotopic (exact) mass is 144 g/mol. The van der Waals surface area contributed by atoms with Gasteiger partial charge in [0, 0.05) is 7.05 Å². The maximum atomic E-state index is 10.7. The molecule has 1 N–H and O–H groups in total. The second-order valence-electron chi connectivity index (χ2n) is 2.21. The van der Waals surface area contributed by atoms with Crippen molar-refractivity contribution in [2.75, 3.05) is 20.3 Å². The Labute approximate surface area is 57.8 Å². The molecule has 0 atom stereocenters. The van der Waals surface area contributed by atoms with E-state index < -0.39 is 6.09 Å². The summed E-state index contributed by atoms with van der Waals surface area (Å²) in [5.74, 6) is -0.151. The van der Waals surface area contributed by atoms with Crippen LogP contribution in [0.5, 0.6) is 0 Å². The van der Waals surface area contributed by atoms with Crippen LogP contribution in [0.3, 0.4) is 0 Å². The summed E-state index contributed by atoms with van der Waals surface area (Å²) in [5, 5.41) is 8.40. The van der Waals surface area contributed by atoms with Crippen LogP contribution in [0.1, 0.15) is 0 Å². The van der Waals surface area contributed by atoms with E-state index in [1.54, 1.807) is 7.05 Å². The SMILES string of the molecule is CN1CN(C(=O)O)CC1=O. The molecule has 0 aromatic rings. The number of rotatable bonds is 0. The molecule has 1 aliphatic heterocycles. The van der Waals surface area contributed by atoms with Crippen LogP contribution in [0.25, 0.3) is 0 Å². The van der Waals surface area contributed by atoms with Crippen LogP contribution in [0.4, 0.5) is 4.79 Å². The highest BCUT2D eigenvalue weighted by molar-refractivity contribution is 5.84. The normalized spacial score (nSPS) is 18.3. The Hall–Kier alpha value is -1.26. The summed E-state index contributed by atoms with van der Waals surface area (Å²) in [6, 6.07) is 0. The maximum absolute atomic E-state index is 10.7. The van der Waals surface area contributed by atoms with Crippen LogP contribution in [0, 0.1) is 0 Å². The van der Waals surface area contributed by atoms with Gasteiger partial charge in [0.2, 0.25) is 5.91 Å². The van der Waals surface area contributed by atoms with Crippen molar-refractivity contribution >= 4 is 12.0 Å². The Morgan fingerprint density at radius 2 is 2.30 bits per heavy atom. The number of carboxylic acid groups (broad SMARTS) is 1. The van der Waals surface area contributed by atoms with Gasteiger partial charge in [0.05, 0.1) is 6.67 Å². The Bertz CT molecular complexity index is 180. The lowest BCUT2D eigenvalue weighted by Gasteiger charge is -2.09. The van der Waals surface area contributed by atoms with Crippen molar-refractivity contribution in [1.29, 1.82) is 0 Å². The number of carbonyl (C=O) groups is 2. The Morgan fingerprint density at radius 3 is 2.50 bits per heavy atom. The smallest absolute Gasteiger partial charge is 0.409 e. The van der Waals surface area contributed by atoms with Crippen LogP contribution in [-0.2, 0) is 4.79 Å². The van der Waals surface area contributed by atoms with E-state index in [9.17, 15) is 9.59 Å². The number of hydrogen-bond donors (Lipinski definition) is 1. The molecule has 0 spiro atoms. The summed E-state index contributed by atoms with van der Waals surface area (Å²) >= 11 is 0. The van der Waals surface area contributed by atoms with Gasteiger partial charge in [-0.05, 0) is 0 Å². The van der Waals surface area contributed by atoms with Gasteiger partial charge in [0.25, 0.3) is 0 Å². The highest BCUT2D eigenvalue weighted by atomic mass is 16.4.